The molecule has 1 aliphatic heterocycles. The quantitative estimate of drug-likeness (QED) is 0.728. The molecule has 1 aromatic heterocycles. The van der Waals surface area contributed by atoms with Gasteiger partial charge in [0, 0.05) is 12.7 Å². The first-order valence-electron chi connectivity index (χ1n) is 7.18. The van der Waals surface area contributed by atoms with Gasteiger partial charge in [-0.15, -0.1) is 0 Å². The van der Waals surface area contributed by atoms with E-state index in [1.165, 1.54) is 0 Å². The van der Waals surface area contributed by atoms with Gasteiger partial charge in [-0.1, -0.05) is 65.8 Å². The molecular formula is C17H15N5. The molecule has 0 fully saturated rings. The minimum atomic E-state index is -0.00222. The topological polar surface area (TPSA) is 46.8 Å². The Labute approximate surface area is 128 Å². The average molecular weight is 289 g/mol. The SMILES string of the molecule is CN1C(c2ccccc2)=C[C@@H](c2ccccc2)n2nnnc21. The lowest BCUT2D eigenvalue weighted by Crippen LogP contribution is -2.28. The molecule has 0 radical (unpaired) electrons. The summed E-state index contributed by atoms with van der Waals surface area (Å²) >= 11 is 0. The first-order chi connectivity index (χ1) is 10.8. The van der Waals surface area contributed by atoms with Crippen molar-refractivity contribution in [3.05, 3.63) is 77.9 Å². The molecule has 2 heterocycles. The number of hydrogen-bond acceptors (Lipinski definition) is 4. The second-order valence-electron chi connectivity index (χ2n) is 5.26. The second-order valence-corrected chi connectivity index (χ2v) is 5.26. The number of benzene rings is 2. The minimum Gasteiger partial charge on any atom is -0.312 e. The number of rotatable bonds is 2. The Hall–Kier alpha value is -2.95. The van der Waals surface area contributed by atoms with E-state index >= 15 is 0 Å². The normalized spacial score (nSPS) is 17.0. The highest BCUT2D eigenvalue weighted by atomic mass is 15.6. The van der Waals surface area contributed by atoms with Crippen LogP contribution < -0.4 is 4.90 Å². The summed E-state index contributed by atoms with van der Waals surface area (Å²) in [5.74, 6) is 0.746. The summed E-state index contributed by atoms with van der Waals surface area (Å²) in [6, 6.07) is 20.6. The van der Waals surface area contributed by atoms with Gasteiger partial charge < -0.3 is 4.90 Å². The Bertz CT molecular complexity index is 807. The van der Waals surface area contributed by atoms with Crippen molar-refractivity contribution in [3.63, 3.8) is 0 Å². The van der Waals surface area contributed by atoms with Gasteiger partial charge in [-0.2, -0.15) is 4.68 Å². The average Bonchev–Trinajstić information content (AvgIpc) is 3.07. The van der Waals surface area contributed by atoms with Crippen LogP contribution in [0.1, 0.15) is 17.2 Å². The maximum absolute atomic E-state index is 4.18. The zero-order valence-electron chi connectivity index (χ0n) is 12.2. The van der Waals surface area contributed by atoms with Crippen LogP contribution in [0.3, 0.4) is 0 Å². The monoisotopic (exact) mass is 289 g/mol. The number of fused-ring (bicyclic) bond motifs is 1. The van der Waals surface area contributed by atoms with Gasteiger partial charge in [-0.25, -0.2) is 0 Å². The molecule has 0 unspecified atom stereocenters. The third kappa shape index (κ3) is 1.98. The summed E-state index contributed by atoms with van der Waals surface area (Å²) in [5, 5.41) is 12.2. The largest absolute Gasteiger partial charge is 0.312 e. The summed E-state index contributed by atoms with van der Waals surface area (Å²) in [6.45, 7) is 0. The van der Waals surface area contributed by atoms with Crippen LogP contribution in [0, 0.1) is 0 Å². The van der Waals surface area contributed by atoms with Crippen LogP contribution in [-0.2, 0) is 0 Å². The molecule has 0 N–H and O–H groups in total. The highest BCUT2D eigenvalue weighted by molar-refractivity contribution is 5.78. The van der Waals surface area contributed by atoms with Gasteiger partial charge in [-0.3, -0.25) is 0 Å². The minimum absolute atomic E-state index is 0.00222. The Kier molecular flexibility index (Phi) is 2.96. The molecule has 5 nitrogen and oxygen atoms in total. The molecule has 22 heavy (non-hydrogen) atoms. The van der Waals surface area contributed by atoms with E-state index in [9.17, 15) is 0 Å². The molecule has 3 aromatic rings. The highest BCUT2D eigenvalue weighted by Crippen LogP contribution is 2.34. The Morgan fingerprint density at radius 1 is 0.909 bits per heavy atom. The summed E-state index contributed by atoms with van der Waals surface area (Å²) in [4.78, 5) is 2.02. The zero-order chi connectivity index (χ0) is 14.9. The van der Waals surface area contributed by atoms with Crippen LogP contribution in [0.5, 0.6) is 0 Å². The van der Waals surface area contributed by atoms with Crippen molar-refractivity contribution in [2.75, 3.05) is 11.9 Å². The number of hydrogen-bond donors (Lipinski definition) is 0. The van der Waals surface area contributed by atoms with Gasteiger partial charge in [-0.05, 0) is 27.6 Å². The fourth-order valence-corrected chi connectivity index (χ4v) is 2.82. The van der Waals surface area contributed by atoms with Crippen LogP contribution in [0.2, 0.25) is 0 Å². The molecule has 1 atom stereocenters. The third-order valence-electron chi connectivity index (χ3n) is 3.93. The van der Waals surface area contributed by atoms with Gasteiger partial charge in [0.2, 0.25) is 0 Å². The van der Waals surface area contributed by atoms with Crippen molar-refractivity contribution in [1.29, 1.82) is 0 Å². The van der Waals surface area contributed by atoms with E-state index in [1.54, 1.807) is 0 Å². The van der Waals surface area contributed by atoms with E-state index in [1.807, 2.05) is 53.0 Å². The first-order valence-corrected chi connectivity index (χ1v) is 7.18. The highest BCUT2D eigenvalue weighted by Gasteiger charge is 2.28. The summed E-state index contributed by atoms with van der Waals surface area (Å²) in [6.07, 6.45) is 2.20. The number of anilines is 1. The fourth-order valence-electron chi connectivity index (χ4n) is 2.82. The molecule has 0 aliphatic carbocycles. The lowest BCUT2D eigenvalue weighted by atomic mass is 10.0. The Morgan fingerprint density at radius 2 is 1.59 bits per heavy atom. The predicted octanol–water partition coefficient (Wildman–Crippen LogP) is 2.75. The van der Waals surface area contributed by atoms with Crippen LogP contribution in [0.25, 0.3) is 5.70 Å². The van der Waals surface area contributed by atoms with Crippen LogP contribution in [0.15, 0.2) is 66.7 Å². The maximum Gasteiger partial charge on any atom is 0.250 e. The van der Waals surface area contributed by atoms with Gasteiger partial charge in [0.05, 0.1) is 0 Å². The molecule has 0 spiro atoms. The van der Waals surface area contributed by atoms with E-state index in [2.05, 4.69) is 45.9 Å². The van der Waals surface area contributed by atoms with Gasteiger partial charge >= 0.3 is 0 Å². The number of allylic oxidation sites excluding steroid dienone is 1. The number of nitrogens with zero attached hydrogens (tertiary/aromatic N) is 5. The van der Waals surface area contributed by atoms with E-state index in [4.69, 9.17) is 0 Å². The molecule has 1 aliphatic rings. The predicted molar refractivity (Wildman–Crippen MR) is 85.2 cm³/mol. The molecule has 2 aromatic carbocycles. The van der Waals surface area contributed by atoms with Crippen molar-refractivity contribution in [2.45, 2.75) is 6.04 Å². The molecular weight excluding hydrogens is 274 g/mol. The lowest BCUT2D eigenvalue weighted by molar-refractivity contribution is 0.576. The van der Waals surface area contributed by atoms with Gasteiger partial charge in [0.1, 0.15) is 6.04 Å². The summed E-state index contributed by atoms with van der Waals surface area (Å²) < 4.78 is 1.85. The molecule has 0 bridgehead atoms. The van der Waals surface area contributed by atoms with E-state index in [0.717, 1.165) is 22.8 Å². The first kappa shape index (κ1) is 12.8. The fraction of sp³-hybridized carbons (Fsp3) is 0.118. The van der Waals surface area contributed by atoms with Crippen molar-refractivity contribution >= 4 is 11.6 Å². The molecule has 4 rings (SSSR count). The zero-order valence-corrected chi connectivity index (χ0v) is 12.2. The third-order valence-corrected chi connectivity index (χ3v) is 3.93. The van der Waals surface area contributed by atoms with Crippen molar-refractivity contribution in [3.8, 4) is 0 Å². The molecule has 108 valence electrons. The molecule has 5 heteroatoms. The Balaban J connectivity index is 1.88. The van der Waals surface area contributed by atoms with Gasteiger partial charge in [0.15, 0.2) is 0 Å². The van der Waals surface area contributed by atoms with Crippen LogP contribution in [-0.4, -0.2) is 27.3 Å². The van der Waals surface area contributed by atoms with Crippen molar-refractivity contribution in [2.24, 2.45) is 0 Å². The van der Waals surface area contributed by atoms with E-state index < -0.39 is 0 Å². The molecule has 0 saturated heterocycles. The van der Waals surface area contributed by atoms with Crippen molar-refractivity contribution in [1.82, 2.24) is 20.2 Å². The molecule has 0 saturated carbocycles. The summed E-state index contributed by atoms with van der Waals surface area (Å²) in [5.41, 5.74) is 3.43. The maximum atomic E-state index is 4.18. The van der Waals surface area contributed by atoms with E-state index in [-0.39, 0.29) is 6.04 Å². The van der Waals surface area contributed by atoms with E-state index in [0.29, 0.717) is 0 Å². The van der Waals surface area contributed by atoms with Crippen LogP contribution >= 0.6 is 0 Å². The standard InChI is InChI=1S/C17H15N5/c1-21-15(13-8-4-2-5-9-13)12-16(14-10-6-3-7-11-14)22-17(21)18-19-20-22/h2-12,16H,1H3/t16-/m0/s1. The van der Waals surface area contributed by atoms with Crippen molar-refractivity contribution < 1.29 is 0 Å². The number of aromatic nitrogens is 4. The smallest absolute Gasteiger partial charge is 0.250 e. The molecule has 0 amide bonds. The summed E-state index contributed by atoms with van der Waals surface area (Å²) in [7, 11) is 1.99. The number of tetrazole rings is 1. The Morgan fingerprint density at radius 3 is 2.32 bits per heavy atom. The second kappa shape index (κ2) is 5.11. The lowest BCUT2D eigenvalue weighted by Gasteiger charge is -2.30. The van der Waals surface area contributed by atoms with Crippen LogP contribution in [0.4, 0.5) is 5.95 Å². The van der Waals surface area contributed by atoms with Gasteiger partial charge in [0.25, 0.3) is 5.95 Å².